The summed E-state index contributed by atoms with van der Waals surface area (Å²) in [5, 5.41) is 17.1. The Hall–Kier alpha value is -1.85. The molecule has 2 rings (SSSR count). The van der Waals surface area contributed by atoms with Crippen LogP contribution in [0.1, 0.15) is 35.8 Å². The summed E-state index contributed by atoms with van der Waals surface area (Å²) in [4.78, 5) is 12.2. The van der Waals surface area contributed by atoms with Crippen molar-refractivity contribution in [2.24, 2.45) is 0 Å². The van der Waals surface area contributed by atoms with E-state index in [1.165, 1.54) is 6.20 Å². The SMILES string of the molecule is CCC(O)CCNC(=O)c1cnn(-c2ccccc2Cl)c1C. The van der Waals surface area contributed by atoms with E-state index in [0.717, 1.165) is 11.4 Å². The summed E-state index contributed by atoms with van der Waals surface area (Å²) >= 11 is 6.16. The van der Waals surface area contributed by atoms with Crippen molar-refractivity contribution in [3.05, 3.63) is 46.7 Å². The van der Waals surface area contributed by atoms with Crippen molar-refractivity contribution < 1.29 is 9.90 Å². The molecule has 1 aromatic heterocycles. The second-order valence-electron chi connectivity index (χ2n) is 5.11. The van der Waals surface area contributed by atoms with E-state index in [1.54, 1.807) is 10.7 Å². The summed E-state index contributed by atoms with van der Waals surface area (Å²) in [6.07, 6.45) is 2.37. The zero-order chi connectivity index (χ0) is 16.1. The van der Waals surface area contributed by atoms with Gasteiger partial charge < -0.3 is 10.4 Å². The number of nitrogens with one attached hydrogen (secondary N) is 1. The van der Waals surface area contributed by atoms with Crippen LogP contribution in [-0.4, -0.2) is 33.4 Å². The smallest absolute Gasteiger partial charge is 0.254 e. The molecule has 1 atom stereocenters. The minimum atomic E-state index is -0.382. The van der Waals surface area contributed by atoms with Crippen LogP contribution in [0.2, 0.25) is 5.02 Å². The molecule has 2 aromatic rings. The third-order valence-electron chi connectivity index (χ3n) is 3.57. The number of amides is 1. The second-order valence-corrected chi connectivity index (χ2v) is 5.52. The number of halogens is 1. The number of carbonyl (C=O) groups is 1. The number of nitrogens with zero attached hydrogens (tertiary/aromatic N) is 2. The first kappa shape index (κ1) is 16.5. The van der Waals surface area contributed by atoms with Gasteiger partial charge in [-0.25, -0.2) is 4.68 Å². The van der Waals surface area contributed by atoms with Gasteiger partial charge in [0.2, 0.25) is 0 Å². The largest absolute Gasteiger partial charge is 0.393 e. The van der Waals surface area contributed by atoms with E-state index < -0.39 is 0 Å². The van der Waals surface area contributed by atoms with E-state index in [2.05, 4.69) is 10.4 Å². The Bertz CT molecular complexity index is 655. The molecule has 0 aliphatic carbocycles. The van der Waals surface area contributed by atoms with Crippen LogP contribution in [0.25, 0.3) is 5.69 Å². The molecule has 6 heteroatoms. The van der Waals surface area contributed by atoms with Crippen LogP contribution in [-0.2, 0) is 0 Å². The summed E-state index contributed by atoms with van der Waals surface area (Å²) < 4.78 is 1.65. The van der Waals surface area contributed by atoms with Crippen LogP contribution in [0.4, 0.5) is 0 Å². The van der Waals surface area contributed by atoms with Gasteiger partial charge in [0, 0.05) is 6.54 Å². The van der Waals surface area contributed by atoms with Crippen LogP contribution in [0.15, 0.2) is 30.5 Å². The number of para-hydroxylation sites is 1. The highest BCUT2D eigenvalue weighted by Crippen LogP contribution is 2.21. The molecule has 118 valence electrons. The van der Waals surface area contributed by atoms with E-state index in [-0.39, 0.29) is 12.0 Å². The fourth-order valence-corrected chi connectivity index (χ4v) is 2.37. The monoisotopic (exact) mass is 321 g/mol. The molecule has 0 bridgehead atoms. The zero-order valence-corrected chi connectivity index (χ0v) is 13.5. The first-order valence-electron chi connectivity index (χ1n) is 7.30. The van der Waals surface area contributed by atoms with Crippen molar-refractivity contribution in [3.8, 4) is 5.69 Å². The van der Waals surface area contributed by atoms with Crippen molar-refractivity contribution in [1.29, 1.82) is 0 Å². The Morgan fingerprint density at radius 3 is 2.86 bits per heavy atom. The molecule has 2 N–H and O–H groups in total. The molecule has 22 heavy (non-hydrogen) atoms. The van der Waals surface area contributed by atoms with Crippen molar-refractivity contribution in [2.45, 2.75) is 32.8 Å². The van der Waals surface area contributed by atoms with E-state index in [4.69, 9.17) is 11.6 Å². The molecule has 1 amide bonds. The Labute approximate surface area is 134 Å². The van der Waals surface area contributed by atoms with Crippen molar-refractivity contribution >= 4 is 17.5 Å². The third kappa shape index (κ3) is 3.67. The molecule has 1 heterocycles. The molecule has 1 unspecified atom stereocenters. The number of benzene rings is 1. The summed E-state index contributed by atoms with van der Waals surface area (Å²) in [6, 6.07) is 7.34. The van der Waals surface area contributed by atoms with Gasteiger partial charge in [-0.2, -0.15) is 5.10 Å². The van der Waals surface area contributed by atoms with Gasteiger partial charge in [-0.05, 0) is 31.9 Å². The van der Waals surface area contributed by atoms with Crippen molar-refractivity contribution in [3.63, 3.8) is 0 Å². The molecule has 0 radical (unpaired) electrons. The molecular formula is C16H20ClN3O2. The minimum Gasteiger partial charge on any atom is -0.393 e. The summed E-state index contributed by atoms with van der Waals surface area (Å²) in [5.74, 6) is -0.195. The second kappa shape index (κ2) is 7.42. The van der Waals surface area contributed by atoms with Gasteiger partial charge in [-0.3, -0.25) is 4.79 Å². The molecule has 0 aliphatic heterocycles. The van der Waals surface area contributed by atoms with Gasteiger partial charge in [0.15, 0.2) is 0 Å². The molecule has 0 aliphatic rings. The topological polar surface area (TPSA) is 67.2 Å². The molecule has 0 saturated carbocycles. The highest BCUT2D eigenvalue weighted by molar-refractivity contribution is 6.32. The standard InChI is InChI=1S/C16H20ClN3O2/c1-3-12(21)8-9-18-16(22)13-10-19-20(11(13)2)15-7-5-4-6-14(15)17/h4-7,10,12,21H,3,8-9H2,1-2H3,(H,18,22). The van der Waals surface area contributed by atoms with Crippen LogP contribution in [0.5, 0.6) is 0 Å². The Morgan fingerprint density at radius 1 is 1.45 bits per heavy atom. The summed E-state index contributed by atoms with van der Waals surface area (Å²) in [6.45, 7) is 4.17. The lowest BCUT2D eigenvalue weighted by Crippen LogP contribution is -2.27. The fraction of sp³-hybridized carbons (Fsp3) is 0.375. The summed E-state index contributed by atoms with van der Waals surface area (Å²) in [5.41, 5.74) is 1.97. The van der Waals surface area contributed by atoms with Crippen LogP contribution >= 0.6 is 11.6 Å². The number of rotatable bonds is 6. The average Bonchev–Trinajstić information content (AvgIpc) is 2.89. The van der Waals surface area contributed by atoms with E-state index in [9.17, 15) is 9.90 Å². The number of hydrogen-bond acceptors (Lipinski definition) is 3. The Kier molecular flexibility index (Phi) is 5.57. The van der Waals surface area contributed by atoms with Crippen LogP contribution in [0.3, 0.4) is 0 Å². The van der Waals surface area contributed by atoms with Gasteiger partial charge in [-0.1, -0.05) is 30.7 Å². The predicted octanol–water partition coefficient (Wildman–Crippen LogP) is 2.72. The molecule has 0 saturated heterocycles. The van der Waals surface area contributed by atoms with Gasteiger partial charge in [-0.15, -0.1) is 0 Å². The van der Waals surface area contributed by atoms with Crippen molar-refractivity contribution in [2.75, 3.05) is 6.54 Å². The quantitative estimate of drug-likeness (QED) is 0.859. The number of aromatic nitrogens is 2. The lowest BCUT2D eigenvalue weighted by Gasteiger charge is -2.09. The first-order valence-corrected chi connectivity index (χ1v) is 7.68. The van der Waals surface area contributed by atoms with Gasteiger partial charge in [0.25, 0.3) is 5.91 Å². The van der Waals surface area contributed by atoms with Crippen LogP contribution in [0, 0.1) is 6.92 Å². The van der Waals surface area contributed by atoms with E-state index in [1.807, 2.05) is 32.0 Å². The van der Waals surface area contributed by atoms with Gasteiger partial charge >= 0.3 is 0 Å². The highest BCUT2D eigenvalue weighted by atomic mass is 35.5. The number of aliphatic hydroxyl groups excluding tert-OH is 1. The highest BCUT2D eigenvalue weighted by Gasteiger charge is 2.16. The number of aliphatic hydroxyl groups is 1. The number of hydrogen-bond donors (Lipinski definition) is 2. The van der Waals surface area contributed by atoms with E-state index in [0.29, 0.717) is 30.0 Å². The normalized spacial score (nSPS) is 12.2. The van der Waals surface area contributed by atoms with Gasteiger partial charge in [0.1, 0.15) is 0 Å². The van der Waals surface area contributed by atoms with Gasteiger partial charge in [0.05, 0.1) is 34.3 Å². The first-order chi connectivity index (χ1) is 10.5. The lowest BCUT2D eigenvalue weighted by molar-refractivity contribution is 0.0941. The third-order valence-corrected chi connectivity index (χ3v) is 3.89. The Morgan fingerprint density at radius 2 is 2.18 bits per heavy atom. The lowest BCUT2D eigenvalue weighted by atomic mass is 10.2. The maximum absolute atomic E-state index is 12.2. The predicted molar refractivity (Wildman–Crippen MR) is 86.6 cm³/mol. The molecule has 1 aromatic carbocycles. The number of carbonyl (C=O) groups excluding carboxylic acids is 1. The molecule has 5 nitrogen and oxygen atoms in total. The fourth-order valence-electron chi connectivity index (χ4n) is 2.15. The molecule has 0 spiro atoms. The molecular weight excluding hydrogens is 302 g/mol. The average molecular weight is 322 g/mol. The zero-order valence-electron chi connectivity index (χ0n) is 12.7. The summed E-state index contributed by atoms with van der Waals surface area (Å²) in [7, 11) is 0. The van der Waals surface area contributed by atoms with Crippen molar-refractivity contribution in [1.82, 2.24) is 15.1 Å². The Balaban J connectivity index is 2.11. The van der Waals surface area contributed by atoms with E-state index >= 15 is 0 Å². The minimum absolute atomic E-state index is 0.195. The maximum atomic E-state index is 12.2. The molecule has 0 fully saturated rings. The van der Waals surface area contributed by atoms with Crippen LogP contribution < -0.4 is 5.32 Å². The maximum Gasteiger partial charge on any atom is 0.254 e.